The van der Waals surface area contributed by atoms with Gasteiger partial charge >= 0.3 is 0 Å². The highest BCUT2D eigenvalue weighted by atomic mass is 35.5. The highest BCUT2D eigenvalue weighted by Crippen LogP contribution is 2.18. The van der Waals surface area contributed by atoms with Gasteiger partial charge in [0.1, 0.15) is 5.69 Å². The van der Waals surface area contributed by atoms with Crippen molar-refractivity contribution < 1.29 is 14.6 Å². The average Bonchev–Trinajstić information content (AvgIpc) is 2.79. The van der Waals surface area contributed by atoms with Crippen LogP contribution in [0.15, 0.2) is 12.3 Å². The summed E-state index contributed by atoms with van der Waals surface area (Å²) in [5, 5.41) is 9.83. The minimum Gasteiger partial charge on any atom is -0.394 e. The topological polar surface area (TPSA) is 54.7 Å². The zero-order chi connectivity index (χ0) is 13.1. The summed E-state index contributed by atoms with van der Waals surface area (Å²) >= 11 is 5.93. The zero-order valence-corrected chi connectivity index (χ0v) is 11.1. The number of amides is 1. The number of carbonyl (C=O) groups is 1. The smallest absolute Gasteiger partial charge is 0.271 e. The second-order valence-electron chi connectivity index (χ2n) is 4.24. The molecular formula is C12H17ClN2O3. The molecule has 0 aliphatic carbocycles. The summed E-state index contributed by atoms with van der Waals surface area (Å²) in [5.41, 5.74) is 0.558. The Labute approximate surface area is 111 Å². The second kappa shape index (κ2) is 5.73. The maximum atomic E-state index is 12.4. The SMILES string of the molecule is CCn1cc(Cl)cc1C(=O)N1CCOCC1CO. The third kappa shape index (κ3) is 2.53. The van der Waals surface area contributed by atoms with Crippen LogP contribution in [0.3, 0.4) is 0 Å². The molecule has 0 bridgehead atoms. The standard InChI is InChI=1S/C12H17ClN2O3/c1-2-14-6-9(13)5-11(14)12(17)15-3-4-18-8-10(15)7-16/h5-6,10,16H,2-4,7-8H2,1H3. The van der Waals surface area contributed by atoms with E-state index in [9.17, 15) is 9.90 Å². The van der Waals surface area contributed by atoms with Crippen LogP contribution in [-0.2, 0) is 11.3 Å². The van der Waals surface area contributed by atoms with Gasteiger partial charge in [0.15, 0.2) is 0 Å². The summed E-state index contributed by atoms with van der Waals surface area (Å²) in [6.07, 6.45) is 1.74. The molecule has 1 aromatic rings. The quantitative estimate of drug-likeness (QED) is 0.893. The van der Waals surface area contributed by atoms with Gasteiger partial charge < -0.3 is 19.3 Å². The Bertz CT molecular complexity index is 433. The highest BCUT2D eigenvalue weighted by Gasteiger charge is 2.29. The van der Waals surface area contributed by atoms with Crippen molar-refractivity contribution in [2.24, 2.45) is 0 Å². The van der Waals surface area contributed by atoms with E-state index >= 15 is 0 Å². The number of rotatable bonds is 3. The molecule has 18 heavy (non-hydrogen) atoms. The molecule has 2 rings (SSSR count). The fourth-order valence-corrected chi connectivity index (χ4v) is 2.36. The van der Waals surface area contributed by atoms with Crippen LogP contribution in [0.4, 0.5) is 0 Å². The van der Waals surface area contributed by atoms with Gasteiger partial charge in [0, 0.05) is 19.3 Å². The molecule has 0 aromatic carbocycles. The van der Waals surface area contributed by atoms with E-state index in [1.807, 2.05) is 11.5 Å². The van der Waals surface area contributed by atoms with Crippen LogP contribution in [-0.4, -0.2) is 52.9 Å². The van der Waals surface area contributed by atoms with Crippen molar-refractivity contribution in [1.29, 1.82) is 0 Å². The molecule has 100 valence electrons. The number of halogens is 1. The van der Waals surface area contributed by atoms with Gasteiger partial charge in [0.2, 0.25) is 0 Å². The molecule has 0 radical (unpaired) electrons. The van der Waals surface area contributed by atoms with E-state index in [1.165, 1.54) is 0 Å². The van der Waals surface area contributed by atoms with Crippen LogP contribution in [0, 0.1) is 0 Å². The first-order valence-corrected chi connectivity index (χ1v) is 6.40. The lowest BCUT2D eigenvalue weighted by molar-refractivity contribution is -0.0188. The Balaban J connectivity index is 2.23. The molecule has 1 fully saturated rings. The first kappa shape index (κ1) is 13.4. The molecular weight excluding hydrogens is 256 g/mol. The molecule has 1 unspecified atom stereocenters. The van der Waals surface area contributed by atoms with Gasteiger partial charge in [-0.25, -0.2) is 0 Å². The number of morpholine rings is 1. The van der Waals surface area contributed by atoms with E-state index in [0.717, 1.165) is 0 Å². The average molecular weight is 273 g/mol. The Hall–Kier alpha value is -1.04. The van der Waals surface area contributed by atoms with Crippen molar-refractivity contribution in [1.82, 2.24) is 9.47 Å². The van der Waals surface area contributed by atoms with E-state index in [-0.39, 0.29) is 18.6 Å². The molecule has 1 amide bonds. The predicted octanol–water partition coefficient (Wildman–Crippen LogP) is 0.995. The van der Waals surface area contributed by atoms with Crippen molar-refractivity contribution >= 4 is 17.5 Å². The van der Waals surface area contributed by atoms with Crippen LogP contribution in [0.5, 0.6) is 0 Å². The molecule has 1 N–H and O–H groups in total. The summed E-state index contributed by atoms with van der Waals surface area (Å²) in [6.45, 7) is 3.92. The van der Waals surface area contributed by atoms with Crippen LogP contribution in [0.2, 0.25) is 5.02 Å². The van der Waals surface area contributed by atoms with Gasteiger partial charge in [0.25, 0.3) is 5.91 Å². The molecule has 1 aromatic heterocycles. The summed E-state index contributed by atoms with van der Waals surface area (Å²) < 4.78 is 7.08. The zero-order valence-electron chi connectivity index (χ0n) is 10.3. The first-order chi connectivity index (χ1) is 8.67. The highest BCUT2D eigenvalue weighted by molar-refractivity contribution is 6.31. The van der Waals surface area contributed by atoms with Crippen molar-refractivity contribution in [2.45, 2.75) is 19.5 Å². The maximum Gasteiger partial charge on any atom is 0.271 e. The molecule has 1 aliphatic heterocycles. The lowest BCUT2D eigenvalue weighted by atomic mass is 10.2. The van der Waals surface area contributed by atoms with E-state index < -0.39 is 0 Å². The maximum absolute atomic E-state index is 12.4. The monoisotopic (exact) mass is 272 g/mol. The summed E-state index contributed by atoms with van der Waals surface area (Å²) in [5.74, 6) is -0.105. The van der Waals surface area contributed by atoms with Crippen LogP contribution in [0.25, 0.3) is 0 Å². The Morgan fingerprint density at radius 2 is 2.44 bits per heavy atom. The number of hydrogen-bond donors (Lipinski definition) is 1. The summed E-state index contributed by atoms with van der Waals surface area (Å²) in [7, 11) is 0. The van der Waals surface area contributed by atoms with Crippen molar-refractivity contribution in [3.05, 3.63) is 23.0 Å². The van der Waals surface area contributed by atoms with Crippen LogP contribution in [0.1, 0.15) is 17.4 Å². The number of hydrogen-bond acceptors (Lipinski definition) is 3. The van der Waals surface area contributed by atoms with Gasteiger partial charge in [-0.2, -0.15) is 0 Å². The van der Waals surface area contributed by atoms with Gasteiger partial charge in [-0.3, -0.25) is 4.79 Å². The van der Waals surface area contributed by atoms with E-state index in [0.29, 0.717) is 37.0 Å². The molecule has 2 heterocycles. The fourth-order valence-electron chi connectivity index (χ4n) is 2.14. The predicted molar refractivity (Wildman–Crippen MR) is 67.8 cm³/mol. The van der Waals surface area contributed by atoms with Crippen molar-refractivity contribution in [3.63, 3.8) is 0 Å². The van der Waals surface area contributed by atoms with Gasteiger partial charge in [-0.1, -0.05) is 11.6 Å². The molecule has 6 heteroatoms. The third-order valence-corrected chi connectivity index (χ3v) is 3.33. The second-order valence-corrected chi connectivity index (χ2v) is 4.68. The Kier molecular flexibility index (Phi) is 4.27. The molecule has 1 aliphatic rings. The molecule has 0 spiro atoms. The van der Waals surface area contributed by atoms with E-state index in [1.54, 1.807) is 17.2 Å². The normalized spacial score (nSPS) is 20.2. The number of aryl methyl sites for hydroxylation is 1. The minimum atomic E-state index is -0.273. The van der Waals surface area contributed by atoms with Crippen molar-refractivity contribution in [2.75, 3.05) is 26.4 Å². The number of aliphatic hydroxyl groups excluding tert-OH is 1. The van der Waals surface area contributed by atoms with Gasteiger partial charge in [-0.05, 0) is 13.0 Å². The lowest BCUT2D eigenvalue weighted by Gasteiger charge is -2.34. The molecule has 1 atom stereocenters. The molecule has 5 nitrogen and oxygen atoms in total. The number of aliphatic hydroxyl groups is 1. The lowest BCUT2D eigenvalue weighted by Crippen LogP contribution is -2.50. The van der Waals surface area contributed by atoms with E-state index in [4.69, 9.17) is 16.3 Å². The third-order valence-electron chi connectivity index (χ3n) is 3.12. The fraction of sp³-hybridized carbons (Fsp3) is 0.583. The largest absolute Gasteiger partial charge is 0.394 e. The minimum absolute atomic E-state index is 0.0910. The van der Waals surface area contributed by atoms with Crippen LogP contribution >= 0.6 is 11.6 Å². The number of carbonyl (C=O) groups excluding carboxylic acids is 1. The van der Waals surface area contributed by atoms with Crippen molar-refractivity contribution in [3.8, 4) is 0 Å². The van der Waals surface area contributed by atoms with Gasteiger partial charge in [-0.15, -0.1) is 0 Å². The molecule has 1 saturated heterocycles. The van der Waals surface area contributed by atoms with Gasteiger partial charge in [0.05, 0.1) is 30.9 Å². The number of nitrogens with zero attached hydrogens (tertiary/aromatic N) is 2. The number of aromatic nitrogens is 1. The summed E-state index contributed by atoms with van der Waals surface area (Å²) in [4.78, 5) is 14.1. The van der Waals surface area contributed by atoms with E-state index in [2.05, 4.69) is 0 Å². The Morgan fingerprint density at radius 1 is 1.67 bits per heavy atom. The Morgan fingerprint density at radius 3 is 3.11 bits per heavy atom. The number of ether oxygens (including phenoxy) is 1. The van der Waals surface area contributed by atoms with Crippen LogP contribution < -0.4 is 0 Å². The first-order valence-electron chi connectivity index (χ1n) is 6.02. The molecule has 0 saturated carbocycles. The summed E-state index contributed by atoms with van der Waals surface area (Å²) in [6, 6.07) is 1.39.